The minimum absolute atomic E-state index is 0.00144. The summed E-state index contributed by atoms with van der Waals surface area (Å²) in [4.78, 5) is 11.2. The Hall–Kier alpha value is -2.36. The zero-order valence-corrected chi connectivity index (χ0v) is 9.43. The number of esters is 1. The first kappa shape index (κ1) is 13.7. The van der Waals surface area contributed by atoms with Gasteiger partial charge in [-0.15, -0.1) is 0 Å². The van der Waals surface area contributed by atoms with Crippen LogP contribution in [0.25, 0.3) is 0 Å². The van der Waals surface area contributed by atoms with E-state index in [-0.39, 0.29) is 12.3 Å². The molecule has 18 heavy (non-hydrogen) atoms. The molecule has 5 nitrogen and oxygen atoms in total. The van der Waals surface area contributed by atoms with Gasteiger partial charge in [-0.05, 0) is 19.1 Å². The third kappa shape index (κ3) is 3.59. The van der Waals surface area contributed by atoms with E-state index >= 15 is 0 Å². The van der Waals surface area contributed by atoms with Gasteiger partial charge in [0.1, 0.15) is 6.07 Å². The van der Waals surface area contributed by atoms with Crippen LogP contribution in [0.2, 0.25) is 0 Å². The second kappa shape index (κ2) is 6.39. The summed E-state index contributed by atoms with van der Waals surface area (Å²) < 4.78 is 30.0. The van der Waals surface area contributed by atoms with Crippen LogP contribution in [0.4, 0.5) is 14.5 Å². The summed E-state index contributed by atoms with van der Waals surface area (Å²) in [6.45, 7) is 1.69. The number of nitrogens with zero attached hydrogens (tertiary/aromatic N) is 3. The Labute approximate surface area is 102 Å². The Morgan fingerprint density at radius 3 is 2.78 bits per heavy atom. The number of nitriles is 1. The van der Waals surface area contributed by atoms with Crippen LogP contribution in [0.3, 0.4) is 0 Å². The lowest BCUT2D eigenvalue weighted by Crippen LogP contribution is -2.19. The molecule has 1 rings (SSSR count). The molecule has 0 spiro atoms. The highest BCUT2D eigenvalue weighted by Crippen LogP contribution is 2.17. The molecule has 7 heteroatoms. The zero-order valence-electron chi connectivity index (χ0n) is 9.43. The SMILES string of the molecule is CCOC(=O)C(C#N)/N=N/c1ccc(F)c(F)c1. The largest absolute Gasteiger partial charge is 0.464 e. The smallest absolute Gasteiger partial charge is 0.347 e. The molecule has 94 valence electrons. The molecule has 1 aromatic rings. The van der Waals surface area contributed by atoms with Gasteiger partial charge in [-0.25, -0.2) is 13.6 Å². The van der Waals surface area contributed by atoms with Gasteiger partial charge in [0.25, 0.3) is 6.04 Å². The molecule has 1 aromatic carbocycles. The average Bonchev–Trinajstić information content (AvgIpc) is 2.34. The van der Waals surface area contributed by atoms with E-state index in [9.17, 15) is 13.6 Å². The predicted molar refractivity (Wildman–Crippen MR) is 56.9 cm³/mol. The molecule has 1 atom stereocenters. The Bertz CT molecular complexity index is 512. The van der Waals surface area contributed by atoms with E-state index in [0.29, 0.717) is 0 Å². The summed E-state index contributed by atoms with van der Waals surface area (Å²) in [6, 6.07) is 3.00. The zero-order chi connectivity index (χ0) is 13.5. The lowest BCUT2D eigenvalue weighted by Gasteiger charge is -2.01. The van der Waals surface area contributed by atoms with E-state index in [1.807, 2.05) is 0 Å². The number of benzene rings is 1. The molecule has 0 aromatic heterocycles. The van der Waals surface area contributed by atoms with E-state index < -0.39 is 23.6 Å². The molecule has 1 unspecified atom stereocenters. The summed E-state index contributed by atoms with van der Waals surface area (Å²) >= 11 is 0. The third-order valence-electron chi connectivity index (χ3n) is 1.82. The van der Waals surface area contributed by atoms with Gasteiger partial charge in [-0.3, -0.25) is 0 Å². The molecule has 0 heterocycles. The summed E-state index contributed by atoms with van der Waals surface area (Å²) in [5, 5.41) is 15.5. The van der Waals surface area contributed by atoms with Gasteiger partial charge >= 0.3 is 5.97 Å². The van der Waals surface area contributed by atoms with Crippen molar-refractivity contribution >= 4 is 11.7 Å². The highest BCUT2D eigenvalue weighted by Gasteiger charge is 2.18. The molecule has 0 aliphatic carbocycles. The van der Waals surface area contributed by atoms with Gasteiger partial charge in [-0.2, -0.15) is 15.5 Å². The second-order valence-electron chi connectivity index (χ2n) is 3.10. The maximum Gasteiger partial charge on any atom is 0.347 e. The number of carbonyl (C=O) groups is 1. The molecule has 0 bridgehead atoms. The molecule has 0 N–H and O–H groups in total. The van der Waals surface area contributed by atoms with Crippen LogP contribution < -0.4 is 0 Å². The van der Waals surface area contributed by atoms with Crippen molar-refractivity contribution in [2.75, 3.05) is 6.61 Å². The van der Waals surface area contributed by atoms with Gasteiger partial charge in [0, 0.05) is 6.07 Å². The Morgan fingerprint density at radius 2 is 2.22 bits per heavy atom. The lowest BCUT2D eigenvalue weighted by molar-refractivity contribution is -0.143. The summed E-state index contributed by atoms with van der Waals surface area (Å²) in [7, 11) is 0. The van der Waals surface area contributed by atoms with Crippen molar-refractivity contribution in [2.45, 2.75) is 13.0 Å². The normalized spacial score (nSPS) is 12.1. The highest BCUT2D eigenvalue weighted by molar-refractivity contribution is 5.78. The monoisotopic (exact) mass is 253 g/mol. The van der Waals surface area contributed by atoms with Crippen LogP contribution in [0, 0.1) is 23.0 Å². The van der Waals surface area contributed by atoms with E-state index in [1.54, 1.807) is 13.0 Å². The molecule has 0 saturated carbocycles. The number of azo groups is 1. The molecule has 0 aliphatic rings. The summed E-state index contributed by atoms with van der Waals surface area (Å²) in [5.74, 6) is -2.95. The Kier molecular flexibility index (Phi) is 4.87. The van der Waals surface area contributed by atoms with Gasteiger partial charge in [-0.1, -0.05) is 0 Å². The highest BCUT2D eigenvalue weighted by atomic mass is 19.2. The second-order valence-corrected chi connectivity index (χ2v) is 3.10. The fraction of sp³-hybridized carbons (Fsp3) is 0.273. The first-order valence-electron chi connectivity index (χ1n) is 5.00. The van der Waals surface area contributed by atoms with Crippen LogP contribution in [0.1, 0.15) is 6.92 Å². The van der Waals surface area contributed by atoms with Crippen molar-refractivity contribution in [1.29, 1.82) is 5.26 Å². The number of ether oxygens (including phenoxy) is 1. The first-order chi connectivity index (χ1) is 8.58. The van der Waals surface area contributed by atoms with E-state index in [2.05, 4.69) is 15.0 Å². The lowest BCUT2D eigenvalue weighted by atomic mass is 10.3. The van der Waals surface area contributed by atoms with Crippen molar-refractivity contribution in [1.82, 2.24) is 0 Å². The quantitative estimate of drug-likeness (QED) is 0.611. The maximum absolute atomic E-state index is 12.8. The van der Waals surface area contributed by atoms with E-state index in [1.165, 1.54) is 6.07 Å². The van der Waals surface area contributed by atoms with Gasteiger partial charge in [0.2, 0.25) is 0 Å². The molecular formula is C11H9F2N3O2. The molecule has 0 radical (unpaired) electrons. The van der Waals surface area contributed by atoms with Crippen molar-refractivity contribution in [3.8, 4) is 6.07 Å². The summed E-state index contributed by atoms with van der Waals surface area (Å²) in [6.07, 6.45) is 0. The van der Waals surface area contributed by atoms with Gasteiger partial charge in [0.15, 0.2) is 11.6 Å². The summed E-state index contributed by atoms with van der Waals surface area (Å²) in [5.41, 5.74) is -0.00144. The standard InChI is InChI=1S/C11H9F2N3O2/c1-2-18-11(17)10(6-14)16-15-7-3-4-8(12)9(13)5-7/h3-5,10H,2H2,1H3/b16-15+. The Morgan fingerprint density at radius 1 is 1.50 bits per heavy atom. The molecule has 0 saturated heterocycles. The van der Waals surface area contributed by atoms with Crippen molar-refractivity contribution in [3.63, 3.8) is 0 Å². The molecule has 0 fully saturated rings. The van der Waals surface area contributed by atoms with Gasteiger partial charge in [0.05, 0.1) is 12.3 Å². The fourth-order valence-corrected chi connectivity index (χ4v) is 1.02. The predicted octanol–water partition coefficient (Wildman–Crippen LogP) is 2.50. The van der Waals surface area contributed by atoms with Crippen molar-refractivity contribution in [3.05, 3.63) is 29.8 Å². The van der Waals surface area contributed by atoms with Crippen LogP contribution in [0.5, 0.6) is 0 Å². The van der Waals surface area contributed by atoms with Crippen molar-refractivity contribution < 1.29 is 18.3 Å². The number of rotatable bonds is 4. The topological polar surface area (TPSA) is 74.8 Å². The van der Waals surface area contributed by atoms with Crippen LogP contribution in [-0.4, -0.2) is 18.6 Å². The number of carbonyl (C=O) groups excluding carboxylic acids is 1. The van der Waals surface area contributed by atoms with Crippen molar-refractivity contribution in [2.24, 2.45) is 10.2 Å². The number of hydrogen-bond donors (Lipinski definition) is 0. The fourth-order valence-electron chi connectivity index (χ4n) is 1.02. The third-order valence-corrected chi connectivity index (χ3v) is 1.82. The van der Waals surface area contributed by atoms with Gasteiger partial charge < -0.3 is 4.74 Å². The average molecular weight is 253 g/mol. The maximum atomic E-state index is 12.8. The first-order valence-corrected chi connectivity index (χ1v) is 5.00. The molecular weight excluding hydrogens is 244 g/mol. The van der Waals surface area contributed by atoms with E-state index in [0.717, 1.165) is 12.1 Å². The molecule has 0 aliphatic heterocycles. The molecule has 0 amide bonds. The Balaban J connectivity index is 2.81. The van der Waals surface area contributed by atoms with E-state index in [4.69, 9.17) is 5.26 Å². The minimum Gasteiger partial charge on any atom is -0.464 e. The van der Waals surface area contributed by atoms with Crippen LogP contribution in [-0.2, 0) is 9.53 Å². The minimum atomic E-state index is -1.42. The van der Waals surface area contributed by atoms with Crippen LogP contribution in [0.15, 0.2) is 28.4 Å². The number of halogens is 2. The van der Waals surface area contributed by atoms with Crippen LogP contribution >= 0.6 is 0 Å². The number of hydrogen-bond acceptors (Lipinski definition) is 5.